The summed E-state index contributed by atoms with van der Waals surface area (Å²) >= 11 is 0. The lowest BCUT2D eigenvalue weighted by atomic mass is 10.1. The van der Waals surface area contributed by atoms with E-state index in [0.717, 1.165) is 17.7 Å². The number of morpholine rings is 1. The number of benzene rings is 1. The minimum atomic E-state index is -0.0382. The largest absolute Gasteiger partial charge is 0.497 e. The van der Waals surface area contributed by atoms with Gasteiger partial charge in [-0.15, -0.1) is 0 Å². The van der Waals surface area contributed by atoms with Crippen LogP contribution in [0.5, 0.6) is 5.75 Å². The Morgan fingerprint density at radius 3 is 2.81 bits per heavy atom. The van der Waals surface area contributed by atoms with Gasteiger partial charge in [0.1, 0.15) is 5.75 Å². The molecule has 1 N–H and O–H groups in total. The summed E-state index contributed by atoms with van der Waals surface area (Å²) in [7, 11) is 1.64. The normalized spacial score (nSPS) is 20.0. The number of urea groups is 1. The van der Waals surface area contributed by atoms with Crippen molar-refractivity contribution in [3.05, 3.63) is 29.8 Å². The lowest BCUT2D eigenvalue weighted by Crippen LogP contribution is -2.52. The summed E-state index contributed by atoms with van der Waals surface area (Å²) in [5, 5.41) is 3.06. The second-order valence-corrected chi connectivity index (χ2v) is 5.27. The molecule has 2 rings (SSSR count). The molecule has 2 amide bonds. The van der Waals surface area contributed by atoms with Gasteiger partial charge in [0.05, 0.1) is 32.4 Å². The van der Waals surface area contributed by atoms with Crippen LogP contribution in [0.15, 0.2) is 24.3 Å². The van der Waals surface area contributed by atoms with Gasteiger partial charge in [0.15, 0.2) is 0 Å². The molecule has 1 aromatic rings. The third kappa shape index (κ3) is 3.88. The molecule has 1 aliphatic heterocycles. The number of carbonyl (C=O) groups excluding carboxylic acids is 1. The van der Waals surface area contributed by atoms with Crippen LogP contribution < -0.4 is 10.1 Å². The van der Waals surface area contributed by atoms with Crippen molar-refractivity contribution in [1.82, 2.24) is 10.2 Å². The van der Waals surface area contributed by atoms with Gasteiger partial charge in [-0.2, -0.15) is 0 Å². The second kappa shape index (κ2) is 7.31. The summed E-state index contributed by atoms with van der Waals surface area (Å²) in [5.41, 5.74) is 1.06. The van der Waals surface area contributed by atoms with Crippen LogP contribution in [0, 0.1) is 0 Å². The topological polar surface area (TPSA) is 50.8 Å². The molecule has 1 aliphatic rings. The van der Waals surface area contributed by atoms with Crippen molar-refractivity contribution in [3.8, 4) is 5.75 Å². The van der Waals surface area contributed by atoms with Crippen molar-refractivity contribution in [2.75, 3.05) is 26.9 Å². The average molecular weight is 292 g/mol. The molecule has 1 heterocycles. The van der Waals surface area contributed by atoms with Crippen molar-refractivity contribution < 1.29 is 14.3 Å². The van der Waals surface area contributed by atoms with Gasteiger partial charge in [-0.05, 0) is 31.0 Å². The summed E-state index contributed by atoms with van der Waals surface area (Å²) in [4.78, 5) is 14.3. The molecule has 5 heteroatoms. The van der Waals surface area contributed by atoms with Crippen LogP contribution in [0.1, 0.15) is 31.9 Å². The molecule has 0 aliphatic carbocycles. The highest BCUT2D eigenvalue weighted by atomic mass is 16.5. The number of nitrogens with zero attached hydrogens (tertiary/aromatic N) is 1. The number of rotatable bonds is 4. The number of hydrogen-bond donors (Lipinski definition) is 1. The van der Waals surface area contributed by atoms with Gasteiger partial charge in [-0.1, -0.05) is 19.1 Å². The van der Waals surface area contributed by atoms with Crippen LogP contribution in [0.3, 0.4) is 0 Å². The molecule has 0 bridgehead atoms. The maximum Gasteiger partial charge on any atom is 0.318 e. The fraction of sp³-hybridized carbons (Fsp3) is 0.562. The average Bonchev–Trinajstić information content (AvgIpc) is 2.54. The van der Waals surface area contributed by atoms with E-state index in [2.05, 4.69) is 12.2 Å². The summed E-state index contributed by atoms with van der Waals surface area (Å²) < 4.78 is 10.6. The first-order valence-corrected chi connectivity index (χ1v) is 7.44. The molecule has 1 saturated heterocycles. The van der Waals surface area contributed by atoms with Gasteiger partial charge in [-0.3, -0.25) is 0 Å². The lowest BCUT2D eigenvalue weighted by Gasteiger charge is -2.35. The molecule has 5 nitrogen and oxygen atoms in total. The number of carbonyl (C=O) groups is 1. The SMILES string of the molecule is CC[C@H]1COCCN1C(=O)N[C@H](C)c1ccc(OC)cc1. The quantitative estimate of drug-likeness (QED) is 0.928. The maximum atomic E-state index is 12.4. The Labute approximate surface area is 126 Å². The van der Waals surface area contributed by atoms with Gasteiger partial charge in [0, 0.05) is 6.54 Å². The Bertz CT molecular complexity index is 461. The predicted molar refractivity (Wildman–Crippen MR) is 81.5 cm³/mol. The van der Waals surface area contributed by atoms with Crippen molar-refractivity contribution in [2.45, 2.75) is 32.4 Å². The maximum absolute atomic E-state index is 12.4. The molecule has 0 unspecified atom stereocenters. The summed E-state index contributed by atoms with van der Waals surface area (Å²) in [6.07, 6.45) is 0.907. The molecule has 0 radical (unpaired) electrons. The number of hydrogen-bond acceptors (Lipinski definition) is 3. The fourth-order valence-corrected chi connectivity index (χ4v) is 2.50. The predicted octanol–water partition coefficient (Wildman–Crippen LogP) is 2.58. The molecule has 1 fully saturated rings. The van der Waals surface area contributed by atoms with Crippen LogP contribution >= 0.6 is 0 Å². The molecular weight excluding hydrogens is 268 g/mol. The third-order valence-corrected chi connectivity index (χ3v) is 3.92. The van der Waals surface area contributed by atoms with Gasteiger partial charge < -0.3 is 19.7 Å². The van der Waals surface area contributed by atoms with Crippen molar-refractivity contribution in [1.29, 1.82) is 0 Å². The third-order valence-electron chi connectivity index (χ3n) is 3.92. The molecule has 116 valence electrons. The van der Waals surface area contributed by atoms with Gasteiger partial charge in [0.2, 0.25) is 0 Å². The van der Waals surface area contributed by atoms with Crippen LogP contribution in [-0.4, -0.2) is 43.8 Å². The first-order chi connectivity index (χ1) is 10.2. The Hall–Kier alpha value is -1.75. The highest BCUT2D eigenvalue weighted by Gasteiger charge is 2.26. The lowest BCUT2D eigenvalue weighted by molar-refractivity contribution is 0.0108. The van der Waals surface area contributed by atoms with E-state index in [9.17, 15) is 4.79 Å². The van der Waals surface area contributed by atoms with E-state index in [-0.39, 0.29) is 18.1 Å². The fourth-order valence-electron chi connectivity index (χ4n) is 2.50. The summed E-state index contributed by atoms with van der Waals surface area (Å²) in [6, 6.07) is 7.86. The summed E-state index contributed by atoms with van der Waals surface area (Å²) in [5.74, 6) is 0.816. The molecule has 0 saturated carbocycles. The first kappa shape index (κ1) is 15.6. The van der Waals surface area contributed by atoms with E-state index < -0.39 is 0 Å². The van der Waals surface area contributed by atoms with E-state index in [1.807, 2.05) is 36.1 Å². The Kier molecular flexibility index (Phi) is 5.44. The molecular formula is C16H24N2O3. The molecule has 0 aromatic heterocycles. The highest BCUT2D eigenvalue weighted by Crippen LogP contribution is 2.18. The number of nitrogens with one attached hydrogen (secondary N) is 1. The van der Waals surface area contributed by atoms with Crippen LogP contribution in [0.2, 0.25) is 0 Å². The highest BCUT2D eigenvalue weighted by molar-refractivity contribution is 5.75. The monoisotopic (exact) mass is 292 g/mol. The Morgan fingerprint density at radius 2 is 2.19 bits per heavy atom. The zero-order valence-electron chi connectivity index (χ0n) is 13.0. The van der Waals surface area contributed by atoms with E-state index in [1.165, 1.54) is 0 Å². The molecule has 0 spiro atoms. The minimum Gasteiger partial charge on any atom is -0.497 e. The van der Waals surface area contributed by atoms with Gasteiger partial charge in [-0.25, -0.2) is 4.79 Å². The van der Waals surface area contributed by atoms with Gasteiger partial charge in [0.25, 0.3) is 0 Å². The van der Waals surface area contributed by atoms with Crippen molar-refractivity contribution in [3.63, 3.8) is 0 Å². The molecule has 1 aromatic carbocycles. The van der Waals surface area contributed by atoms with Crippen molar-refractivity contribution in [2.24, 2.45) is 0 Å². The van der Waals surface area contributed by atoms with Gasteiger partial charge >= 0.3 is 6.03 Å². The van der Waals surface area contributed by atoms with Crippen LogP contribution in [0.25, 0.3) is 0 Å². The standard InChI is InChI=1S/C16H24N2O3/c1-4-14-11-21-10-9-18(14)16(19)17-12(2)13-5-7-15(20-3)8-6-13/h5-8,12,14H,4,9-11H2,1-3H3,(H,17,19)/t12-,14+/m1/s1. The summed E-state index contributed by atoms with van der Waals surface area (Å²) in [6.45, 7) is 5.95. The zero-order chi connectivity index (χ0) is 15.2. The molecule has 21 heavy (non-hydrogen) atoms. The number of ether oxygens (including phenoxy) is 2. The minimum absolute atomic E-state index is 0.0199. The zero-order valence-corrected chi connectivity index (χ0v) is 13.0. The van der Waals surface area contributed by atoms with E-state index in [4.69, 9.17) is 9.47 Å². The van der Waals surface area contributed by atoms with E-state index in [1.54, 1.807) is 7.11 Å². The van der Waals surface area contributed by atoms with E-state index >= 15 is 0 Å². The Morgan fingerprint density at radius 1 is 1.48 bits per heavy atom. The number of methoxy groups -OCH3 is 1. The van der Waals surface area contributed by atoms with E-state index in [0.29, 0.717) is 19.8 Å². The first-order valence-electron chi connectivity index (χ1n) is 7.44. The number of amides is 2. The Balaban J connectivity index is 1.97. The van der Waals surface area contributed by atoms with Crippen LogP contribution in [0.4, 0.5) is 4.79 Å². The molecule has 2 atom stereocenters. The smallest absolute Gasteiger partial charge is 0.318 e. The second-order valence-electron chi connectivity index (χ2n) is 5.27. The van der Waals surface area contributed by atoms with Crippen LogP contribution in [-0.2, 0) is 4.74 Å². The van der Waals surface area contributed by atoms with Crippen molar-refractivity contribution >= 4 is 6.03 Å².